The molecule has 190 valence electrons. The van der Waals surface area contributed by atoms with E-state index in [0.717, 1.165) is 51.5 Å². The summed E-state index contributed by atoms with van der Waals surface area (Å²) in [5, 5.41) is 5.27. The number of halogens is 2. The van der Waals surface area contributed by atoms with Crippen molar-refractivity contribution < 1.29 is 9.53 Å². The van der Waals surface area contributed by atoms with E-state index in [1.54, 1.807) is 29.5 Å². The van der Waals surface area contributed by atoms with Crippen LogP contribution in [-0.4, -0.2) is 55.0 Å². The zero-order valence-electron chi connectivity index (χ0n) is 20.3. The molecule has 0 radical (unpaired) electrons. The molecule has 2 fully saturated rings. The van der Waals surface area contributed by atoms with Crippen LogP contribution in [0.15, 0.2) is 65.4 Å². The third-order valence-corrected chi connectivity index (χ3v) is 9.04. The number of amides is 1. The van der Waals surface area contributed by atoms with Crippen LogP contribution in [0, 0.1) is 11.8 Å². The van der Waals surface area contributed by atoms with Crippen LogP contribution in [0.3, 0.4) is 0 Å². The lowest BCUT2D eigenvalue weighted by molar-refractivity contribution is 0.0780. The molecule has 3 aromatic rings. The average Bonchev–Trinajstić information content (AvgIpc) is 3.57. The number of carbonyl (C=O) groups excluding carboxylic acids is 1. The number of rotatable bonds is 8. The minimum atomic E-state index is 0.0356. The number of para-hydroxylation sites is 1. The third-order valence-electron chi connectivity index (χ3n) is 7.60. The van der Waals surface area contributed by atoms with Gasteiger partial charge in [-0.1, -0.05) is 41.4 Å². The molecule has 0 aliphatic carbocycles. The summed E-state index contributed by atoms with van der Waals surface area (Å²) in [4.78, 5) is 17.9. The molecule has 1 aromatic heterocycles. The second kappa shape index (κ2) is 12.0. The number of hydrogen-bond acceptors (Lipinski definition) is 4. The summed E-state index contributed by atoms with van der Waals surface area (Å²) < 4.78 is 5.92. The lowest BCUT2D eigenvalue weighted by Crippen LogP contribution is -2.39. The fraction of sp³-hybridized carbons (Fsp3) is 0.414. The summed E-state index contributed by atoms with van der Waals surface area (Å²) in [5.74, 6) is 2.49. The molecule has 2 aliphatic rings. The van der Waals surface area contributed by atoms with Gasteiger partial charge in [-0.05, 0) is 96.9 Å². The number of likely N-dealkylation sites (tertiary alicyclic amines) is 2. The standard InChI is InChI=1S/C29H32Cl2N2O2S/c30-27-7-6-22(16-28(27)31)29(34)33-18-24(26(19-33)23-11-15-36-20-23)17-32-12-8-21(9-13-32)10-14-35-25-4-2-1-3-5-25/h1-7,11,15-16,20-21,24,26H,8-10,12-14,17-19H2/t24-,26?/m1/s1. The van der Waals surface area contributed by atoms with E-state index < -0.39 is 0 Å². The number of benzene rings is 2. The summed E-state index contributed by atoms with van der Waals surface area (Å²) in [7, 11) is 0. The topological polar surface area (TPSA) is 32.8 Å². The van der Waals surface area contributed by atoms with Crippen molar-refractivity contribution >= 4 is 40.4 Å². The minimum absolute atomic E-state index is 0.0356. The highest BCUT2D eigenvalue weighted by Gasteiger charge is 2.38. The van der Waals surface area contributed by atoms with Crippen molar-refractivity contribution in [3.8, 4) is 5.75 Å². The van der Waals surface area contributed by atoms with Crippen LogP contribution in [0.25, 0.3) is 0 Å². The van der Waals surface area contributed by atoms with Crippen LogP contribution in [0.4, 0.5) is 0 Å². The number of hydrogen-bond donors (Lipinski definition) is 0. The van der Waals surface area contributed by atoms with E-state index in [9.17, 15) is 4.79 Å². The van der Waals surface area contributed by atoms with Gasteiger partial charge in [0.1, 0.15) is 5.75 Å². The van der Waals surface area contributed by atoms with E-state index in [1.807, 2.05) is 35.2 Å². The minimum Gasteiger partial charge on any atom is -0.494 e. The van der Waals surface area contributed by atoms with Gasteiger partial charge >= 0.3 is 0 Å². The summed E-state index contributed by atoms with van der Waals surface area (Å²) in [6, 6.07) is 17.5. The van der Waals surface area contributed by atoms with Gasteiger partial charge in [0.15, 0.2) is 0 Å². The molecular weight excluding hydrogens is 511 g/mol. The van der Waals surface area contributed by atoms with Crippen LogP contribution < -0.4 is 4.74 Å². The van der Waals surface area contributed by atoms with Gasteiger partial charge in [0.2, 0.25) is 0 Å². The molecule has 36 heavy (non-hydrogen) atoms. The molecule has 5 rings (SSSR count). The highest BCUT2D eigenvalue weighted by molar-refractivity contribution is 7.08. The van der Waals surface area contributed by atoms with Gasteiger partial charge in [-0.15, -0.1) is 0 Å². The van der Waals surface area contributed by atoms with Crippen molar-refractivity contribution in [2.45, 2.75) is 25.2 Å². The molecule has 1 amide bonds. The highest BCUT2D eigenvalue weighted by Crippen LogP contribution is 2.36. The lowest BCUT2D eigenvalue weighted by Gasteiger charge is -2.34. The highest BCUT2D eigenvalue weighted by atomic mass is 35.5. The Labute approximate surface area is 227 Å². The maximum Gasteiger partial charge on any atom is 0.253 e. The first-order valence-corrected chi connectivity index (χ1v) is 14.4. The van der Waals surface area contributed by atoms with Gasteiger partial charge in [0, 0.05) is 31.1 Å². The van der Waals surface area contributed by atoms with Gasteiger partial charge in [-0.2, -0.15) is 11.3 Å². The maximum atomic E-state index is 13.3. The molecule has 2 saturated heterocycles. The Balaban J connectivity index is 1.16. The van der Waals surface area contributed by atoms with E-state index in [1.165, 1.54) is 18.4 Å². The van der Waals surface area contributed by atoms with Crippen LogP contribution in [0.5, 0.6) is 5.75 Å². The normalized spacial score (nSPS) is 21.1. The molecule has 2 atom stereocenters. The number of nitrogens with zero attached hydrogens (tertiary/aromatic N) is 2. The Bertz CT molecular complexity index is 1130. The Morgan fingerprint density at radius 3 is 2.53 bits per heavy atom. The van der Waals surface area contributed by atoms with Crippen molar-refractivity contribution in [3.63, 3.8) is 0 Å². The molecule has 4 nitrogen and oxygen atoms in total. The number of carbonyl (C=O) groups is 1. The maximum absolute atomic E-state index is 13.3. The zero-order valence-corrected chi connectivity index (χ0v) is 22.7. The van der Waals surface area contributed by atoms with Crippen molar-refractivity contribution in [2.75, 3.05) is 39.3 Å². The van der Waals surface area contributed by atoms with Gasteiger partial charge < -0.3 is 14.5 Å². The first kappa shape index (κ1) is 25.6. The van der Waals surface area contributed by atoms with Gasteiger partial charge in [-0.25, -0.2) is 0 Å². The number of thiophene rings is 1. The van der Waals surface area contributed by atoms with Crippen LogP contribution in [-0.2, 0) is 0 Å². The number of piperidine rings is 1. The fourth-order valence-electron chi connectivity index (χ4n) is 5.55. The summed E-state index contributed by atoms with van der Waals surface area (Å²) in [6.45, 7) is 5.55. The van der Waals surface area contributed by atoms with Crippen LogP contribution in [0.1, 0.15) is 41.1 Å². The smallest absolute Gasteiger partial charge is 0.253 e. The van der Waals surface area contributed by atoms with E-state index in [0.29, 0.717) is 33.4 Å². The monoisotopic (exact) mass is 542 g/mol. The third kappa shape index (κ3) is 6.25. The molecule has 3 heterocycles. The van der Waals surface area contributed by atoms with Crippen LogP contribution >= 0.6 is 34.5 Å². The van der Waals surface area contributed by atoms with E-state index in [-0.39, 0.29) is 5.91 Å². The summed E-state index contributed by atoms with van der Waals surface area (Å²) in [6.07, 6.45) is 3.52. The van der Waals surface area contributed by atoms with E-state index in [2.05, 4.69) is 21.7 Å². The van der Waals surface area contributed by atoms with Gasteiger partial charge in [0.25, 0.3) is 5.91 Å². The molecule has 2 aliphatic heterocycles. The van der Waals surface area contributed by atoms with Gasteiger partial charge in [-0.3, -0.25) is 4.79 Å². The van der Waals surface area contributed by atoms with Crippen molar-refractivity contribution in [3.05, 3.63) is 86.5 Å². The van der Waals surface area contributed by atoms with E-state index in [4.69, 9.17) is 27.9 Å². The van der Waals surface area contributed by atoms with Crippen molar-refractivity contribution in [2.24, 2.45) is 11.8 Å². The Hall–Kier alpha value is -2.05. The Kier molecular flexibility index (Phi) is 8.53. The molecular formula is C29H32Cl2N2O2S. The largest absolute Gasteiger partial charge is 0.494 e. The molecule has 7 heteroatoms. The second-order valence-corrected chi connectivity index (χ2v) is 11.6. The average molecular weight is 544 g/mol. The summed E-state index contributed by atoms with van der Waals surface area (Å²) >= 11 is 14.0. The molecule has 0 bridgehead atoms. The van der Waals surface area contributed by atoms with Crippen molar-refractivity contribution in [1.82, 2.24) is 9.80 Å². The first-order valence-electron chi connectivity index (χ1n) is 12.7. The molecule has 0 spiro atoms. The molecule has 0 saturated carbocycles. The molecule has 1 unspecified atom stereocenters. The van der Waals surface area contributed by atoms with Crippen molar-refractivity contribution in [1.29, 1.82) is 0 Å². The number of ether oxygens (including phenoxy) is 1. The van der Waals surface area contributed by atoms with Gasteiger partial charge in [0.05, 0.1) is 16.7 Å². The second-order valence-electron chi connectivity index (χ2n) is 9.96. The predicted molar refractivity (Wildman–Crippen MR) is 149 cm³/mol. The Morgan fingerprint density at radius 1 is 1.00 bits per heavy atom. The predicted octanol–water partition coefficient (Wildman–Crippen LogP) is 7.09. The lowest BCUT2D eigenvalue weighted by atomic mass is 9.88. The molecule has 0 N–H and O–H groups in total. The van der Waals surface area contributed by atoms with Crippen LogP contribution in [0.2, 0.25) is 10.0 Å². The van der Waals surface area contributed by atoms with E-state index >= 15 is 0 Å². The SMILES string of the molecule is O=C(c1ccc(Cl)c(Cl)c1)N1CC(c2ccsc2)[C@H](CN2CCC(CCOc3ccccc3)CC2)C1. The zero-order chi connectivity index (χ0) is 24.9. The Morgan fingerprint density at radius 2 is 1.81 bits per heavy atom. The molecule has 2 aromatic carbocycles. The summed E-state index contributed by atoms with van der Waals surface area (Å²) in [5.41, 5.74) is 1.95. The first-order chi connectivity index (χ1) is 17.6. The quantitative estimate of drug-likeness (QED) is 0.304. The fourth-order valence-corrected chi connectivity index (χ4v) is 6.57.